The van der Waals surface area contributed by atoms with Crippen molar-refractivity contribution in [2.45, 2.75) is 6.92 Å². The molecule has 1 N–H and O–H groups in total. The van der Waals surface area contributed by atoms with Gasteiger partial charge in [-0.25, -0.2) is 4.79 Å². The summed E-state index contributed by atoms with van der Waals surface area (Å²) in [4.78, 5) is 58.0. The van der Waals surface area contributed by atoms with E-state index in [1.54, 1.807) is 55.5 Å². The first-order valence-electron chi connectivity index (χ1n) is 12.4. The highest BCUT2D eigenvalue weighted by Crippen LogP contribution is 2.35. The molecule has 2 aromatic heterocycles. The first kappa shape index (κ1) is 25.1. The molecular weight excluding hydrogens is 530 g/mol. The van der Waals surface area contributed by atoms with Crippen molar-refractivity contribution in [3.05, 3.63) is 105 Å². The molecule has 0 saturated heterocycles. The molecule has 1 aliphatic rings. The van der Waals surface area contributed by atoms with Gasteiger partial charge in [-0.3, -0.25) is 19.3 Å². The fraction of sp³-hybridized carbons (Fsp3) is 0.103. The molecule has 3 heterocycles. The standard InChI is InChI=1S/C29H21N5O5S/c1-2-39-28(38)18-12-14-19(15-13-18)30-22(35)16-33-21-11-7-6-10-20(21)23(26(33)36)24-27(37)34-29(40-24)31-25(32-34)17-8-4-3-5-9-17/h3-15H,2,16H2,1H3,(H,30,35). The van der Waals surface area contributed by atoms with Gasteiger partial charge in [-0.2, -0.15) is 9.50 Å². The second-order valence-corrected chi connectivity index (χ2v) is 9.84. The zero-order valence-electron chi connectivity index (χ0n) is 21.2. The van der Waals surface area contributed by atoms with Crippen molar-refractivity contribution >= 4 is 51.0 Å². The summed E-state index contributed by atoms with van der Waals surface area (Å²) in [6.45, 7) is 1.71. The van der Waals surface area contributed by atoms with Crippen molar-refractivity contribution < 1.29 is 19.1 Å². The Morgan fingerprint density at radius 3 is 2.40 bits per heavy atom. The van der Waals surface area contributed by atoms with E-state index < -0.39 is 23.3 Å². The van der Waals surface area contributed by atoms with Gasteiger partial charge in [0, 0.05) is 16.8 Å². The van der Waals surface area contributed by atoms with Gasteiger partial charge < -0.3 is 10.1 Å². The first-order valence-corrected chi connectivity index (χ1v) is 13.2. The SMILES string of the molecule is CCOC(=O)c1ccc(NC(=O)CN2C(=O)C(=c3sc4nc(-c5ccccc5)nn4c3=O)c3ccccc32)cc1. The van der Waals surface area contributed by atoms with E-state index in [4.69, 9.17) is 4.74 Å². The number of carbonyl (C=O) groups is 3. The Labute approximate surface area is 231 Å². The summed E-state index contributed by atoms with van der Waals surface area (Å²) < 4.78 is 6.40. The number of nitrogens with zero attached hydrogens (tertiary/aromatic N) is 4. The Morgan fingerprint density at radius 1 is 0.950 bits per heavy atom. The van der Waals surface area contributed by atoms with E-state index in [1.165, 1.54) is 9.42 Å². The van der Waals surface area contributed by atoms with E-state index in [-0.39, 0.29) is 23.3 Å². The summed E-state index contributed by atoms with van der Waals surface area (Å²) in [6, 6.07) is 22.6. The van der Waals surface area contributed by atoms with Crippen LogP contribution in [0.4, 0.5) is 11.4 Å². The zero-order chi connectivity index (χ0) is 27.8. The van der Waals surface area contributed by atoms with Crippen LogP contribution >= 0.6 is 11.3 Å². The van der Waals surface area contributed by atoms with Crippen LogP contribution in [0.25, 0.3) is 21.9 Å². The molecule has 0 fully saturated rings. The van der Waals surface area contributed by atoms with Crippen LogP contribution in [0.1, 0.15) is 22.8 Å². The highest BCUT2D eigenvalue weighted by molar-refractivity contribution is 7.15. The van der Waals surface area contributed by atoms with Crippen LogP contribution < -0.4 is 20.3 Å². The molecule has 6 rings (SSSR count). The van der Waals surface area contributed by atoms with Gasteiger partial charge in [0.15, 0.2) is 5.82 Å². The zero-order valence-corrected chi connectivity index (χ0v) is 22.0. The Bertz CT molecular complexity index is 1900. The molecule has 0 atom stereocenters. The summed E-state index contributed by atoms with van der Waals surface area (Å²) >= 11 is 1.09. The van der Waals surface area contributed by atoms with Crippen molar-refractivity contribution in [3.63, 3.8) is 0 Å². The lowest BCUT2D eigenvalue weighted by Gasteiger charge is -2.16. The lowest BCUT2D eigenvalue weighted by atomic mass is 10.1. The fourth-order valence-corrected chi connectivity index (χ4v) is 5.50. The normalized spacial score (nSPS) is 13.9. The summed E-state index contributed by atoms with van der Waals surface area (Å²) in [5, 5.41) is 7.12. The third-order valence-corrected chi connectivity index (χ3v) is 7.35. The first-order chi connectivity index (χ1) is 19.4. The molecule has 0 unspecified atom stereocenters. The number of nitrogens with one attached hydrogen (secondary N) is 1. The Morgan fingerprint density at radius 2 is 1.68 bits per heavy atom. The second kappa shape index (κ2) is 10.2. The van der Waals surface area contributed by atoms with Crippen LogP contribution in [-0.2, 0) is 14.3 Å². The van der Waals surface area contributed by atoms with Gasteiger partial charge >= 0.3 is 5.97 Å². The van der Waals surface area contributed by atoms with Crippen LogP contribution in [0.15, 0.2) is 83.7 Å². The van der Waals surface area contributed by atoms with Gasteiger partial charge in [0.25, 0.3) is 11.5 Å². The van der Waals surface area contributed by atoms with Gasteiger partial charge in [-0.15, -0.1) is 5.10 Å². The fourth-order valence-electron chi connectivity index (χ4n) is 4.50. The third-order valence-electron chi connectivity index (χ3n) is 6.32. The number of ether oxygens (including phenoxy) is 1. The number of para-hydroxylation sites is 1. The molecule has 5 aromatic rings. The van der Waals surface area contributed by atoms with Crippen LogP contribution in [-0.4, -0.2) is 45.5 Å². The number of anilines is 2. The molecule has 0 radical (unpaired) electrons. The van der Waals surface area contributed by atoms with Gasteiger partial charge in [-0.05, 0) is 37.3 Å². The predicted octanol–water partition coefficient (Wildman–Crippen LogP) is 2.90. The summed E-state index contributed by atoms with van der Waals surface area (Å²) in [7, 11) is 0. The van der Waals surface area contributed by atoms with E-state index in [0.717, 1.165) is 16.9 Å². The highest BCUT2D eigenvalue weighted by atomic mass is 32.1. The van der Waals surface area contributed by atoms with E-state index >= 15 is 0 Å². The third kappa shape index (κ3) is 4.41. The van der Waals surface area contributed by atoms with Crippen LogP contribution in [0.3, 0.4) is 0 Å². The largest absolute Gasteiger partial charge is 0.462 e. The van der Waals surface area contributed by atoms with Crippen LogP contribution in [0.2, 0.25) is 0 Å². The molecule has 10 nitrogen and oxygen atoms in total. The summed E-state index contributed by atoms with van der Waals surface area (Å²) in [6.07, 6.45) is 0. The minimum atomic E-state index is -0.459. The van der Waals surface area contributed by atoms with E-state index in [1.807, 2.05) is 30.3 Å². The number of amides is 2. The van der Waals surface area contributed by atoms with Crippen molar-refractivity contribution in [1.29, 1.82) is 0 Å². The monoisotopic (exact) mass is 551 g/mol. The van der Waals surface area contributed by atoms with E-state index in [2.05, 4.69) is 15.4 Å². The molecule has 0 saturated carbocycles. The van der Waals surface area contributed by atoms with Gasteiger partial charge in [0.05, 0.1) is 23.4 Å². The van der Waals surface area contributed by atoms with Gasteiger partial charge in [-0.1, -0.05) is 59.9 Å². The number of carbonyl (C=O) groups excluding carboxylic acids is 3. The molecule has 2 amide bonds. The molecule has 0 aliphatic carbocycles. The molecular formula is C29H21N5O5S. The average molecular weight is 552 g/mol. The molecule has 0 bridgehead atoms. The van der Waals surface area contributed by atoms with Gasteiger partial charge in [0.1, 0.15) is 11.1 Å². The second-order valence-electron chi connectivity index (χ2n) is 8.86. The molecule has 0 spiro atoms. The highest BCUT2D eigenvalue weighted by Gasteiger charge is 2.35. The maximum Gasteiger partial charge on any atom is 0.338 e. The van der Waals surface area contributed by atoms with Crippen molar-refractivity contribution in [3.8, 4) is 11.4 Å². The van der Waals surface area contributed by atoms with Crippen molar-refractivity contribution in [2.75, 3.05) is 23.4 Å². The number of hydrogen-bond acceptors (Lipinski definition) is 8. The van der Waals surface area contributed by atoms with Gasteiger partial charge in [0.2, 0.25) is 10.9 Å². The number of fused-ring (bicyclic) bond motifs is 2. The Hall–Kier alpha value is -5.16. The molecule has 40 heavy (non-hydrogen) atoms. The maximum absolute atomic E-state index is 13.6. The maximum atomic E-state index is 13.6. The number of hydrogen-bond donors (Lipinski definition) is 1. The summed E-state index contributed by atoms with van der Waals surface area (Å²) in [5.41, 5.74) is 2.46. The molecule has 3 aromatic carbocycles. The lowest BCUT2D eigenvalue weighted by Crippen LogP contribution is -2.37. The minimum Gasteiger partial charge on any atom is -0.462 e. The minimum absolute atomic E-state index is 0.213. The molecule has 198 valence electrons. The predicted molar refractivity (Wildman–Crippen MR) is 150 cm³/mol. The van der Waals surface area contributed by atoms with E-state index in [0.29, 0.717) is 33.3 Å². The average Bonchev–Trinajstić information content (AvgIpc) is 3.60. The Balaban J connectivity index is 1.30. The summed E-state index contributed by atoms with van der Waals surface area (Å²) in [5.74, 6) is -0.926. The number of rotatable bonds is 6. The van der Waals surface area contributed by atoms with Crippen LogP contribution in [0.5, 0.6) is 0 Å². The number of esters is 1. The quantitative estimate of drug-likeness (QED) is 0.322. The van der Waals surface area contributed by atoms with Crippen molar-refractivity contribution in [2.24, 2.45) is 0 Å². The molecule has 1 aliphatic heterocycles. The van der Waals surface area contributed by atoms with E-state index in [9.17, 15) is 19.2 Å². The van der Waals surface area contributed by atoms with Crippen molar-refractivity contribution in [1.82, 2.24) is 14.6 Å². The molecule has 11 heteroatoms. The van der Waals surface area contributed by atoms with Crippen LogP contribution in [0, 0.1) is 0 Å². The smallest absolute Gasteiger partial charge is 0.338 e. The number of aromatic nitrogens is 3. The lowest BCUT2D eigenvalue weighted by molar-refractivity contribution is -0.118. The topological polar surface area (TPSA) is 123 Å². The number of thiazole rings is 1. The number of benzene rings is 3. The Kier molecular flexibility index (Phi) is 6.40.